The maximum Gasteiger partial charge on any atom is 0.270 e. The summed E-state index contributed by atoms with van der Waals surface area (Å²) in [7, 11) is 0. The standard InChI is InChI=1S/C14H12ClN3O2/c15-13-6-4-11(5-7-13)9-16-17-10-12-2-1-3-14(8-12)18(19)20/h1-8,10,16H,9H2/b17-10-. The second-order valence-corrected chi connectivity index (χ2v) is 4.51. The average molecular weight is 290 g/mol. The lowest BCUT2D eigenvalue weighted by Crippen LogP contribution is -2.05. The number of hydrogen-bond donors (Lipinski definition) is 1. The fourth-order valence-corrected chi connectivity index (χ4v) is 1.70. The van der Waals surface area contributed by atoms with Crippen LogP contribution in [0.2, 0.25) is 5.02 Å². The third kappa shape index (κ3) is 4.07. The molecule has 5 nitrogen and oxygen atoms in total. The number of hydrogen-bond acceptors (Lipinski definition) is 4. The topological polar surface area (TPSA) is 67.5 Å². The van der Waals surface area contributed by atoms with Gasteiger partial charge in [-0.2, -0.15) is 5.10 Å². The number of nitrogens with zero attached hydrogens (tertiary/aromatic N) is 2. The lowest BCUT2D eigenvalue weighted by molar-refractivity contribution is -0.384. The first kappa shape index (κ1) is 14.0. The van der Waals surface area contributed by atoms with Gasteiger partial charge in [-0.25, -0.2) is 0 Å². The van der Waals surface area contributed by atoms with Gasteiger partial charge < -0.3 is 5.43 Å². The molecule has 0 heterocycles. The molecule has 0 amide bonds. The summed E-state index contributed by atoms with van der Waals surface area (Å²) in [4.78, 5) is 10.2. The molecule has 0 saturated carbocycles. The quantitative estimate of drug-likeness (QED) is 0.521. The van der Waals surface area contributed by atoms with Crippen molar-refractivity contribution in [3.8, 4) is 0 Å². The molecule has 0 unspecified atom stereocenters. The number of hydrazone groups is 1. The molecule has 0 aliphatic carbocycles. The van der Waals surface area contributed by atoms with Gasteiger partial charge in [-0.05, 0) is 17.7 Å². The third-order valence-electron chi connectivity index (χ3n) is 2.58. The Balaban J connectivity index is 1.91. The number of nitro benzene ring substituents is 1. The van der Waals surface area contributed by atoms with Crippen LogP contribution in [0.3, 0.4) is 0 Å². The van der Waals surface area contributed by atoms with Crippen LogP contribution in [0.1, 0.15) is 11.1 Å². The van der Waals surface area contributed by atoms with Crippen LogP contribution < -0.4 is 5.43 Å². The number of rotatable bonds is 5. The molecule has 2 rings (SSSR count). The molecule has 0 radical (unpaired) electrons. The van der Waals surface area contributed by atoms with Crippen LogP contribution >= 0.6 is 11.6 Å². The SMILES string of the molecule is O=[N+]([O-])c1cccc(/C=N\NCc2ccc(Cl)cc2)c1. The van der Waals surface area contributed by atoms with E-state index in [0.29, 0.717) is 17.1 Å². The van der Waals surface area contributed by atoms with E-state index in [2.05, 4.69) is 10.5 Å². The molecule has 1 N–H and O–H groups in total. The third-order valence-corrected chi connectivity index (χ3v) is 2.83. The van der Waals surface area contributed by atoms with Gasteiger partial charge in [0.2, 0.25) is 0 Å². The van der Waals surface area contributed by atoms with Gasteiger partial charge in [0.1, 0.15) is 0 Å². The molecule has 20 heavy (non-hydrogen) atoms. The van der Waals surface area contributed by atoms with Gasteiger partial charge in [-0.3, -0.25) is 10.1 Å². The second-order valence-electron chi connectivity index (χ2n) is 4.07. The Labute approximate surface area is 121 Å². The highest BCUT2D eigenvalue weighted by Crippen LogP contribution is 2.11. The van der Waals surface area contributed by atoms with Gasteiger partial charge in [-0.15, -0.1) is 0 Å². The van der Waals surface area contributed by atoms with Gasteiger partial charge in [0.25, 0.3) is 5.69 Å². The van der Waals surface area contributed by atoms with E-state index in [0.717, 1.165) is 5.56 Å². The average Bonchev–Trinajstić information content (AvgIpc) is 2.46. The van der Waals surface area contributed by atoms with Crippen LogP contribution in [0.5, 0.6) is 0 Å². The first-order chi connectivity index (χ1) is 9.65. The second kappa shape index (κ2) is 6.68. The summed E-state index contributed by atoms with van der Waals surface area (Å²) in [5.74, 6) is 0. The predicted octanol–water partition coefficient (Wildman–Crippen LogP) is 3.37. The number of halogens is 1. The summed E-state index contributed by atoms with van der Waals surface area (Å²) in [6.07, 6.45) is 1.54. The highest BCUT2D eigenvalue weighted by molar-refractivity contribution is 6.30. The summed E-state index contributed by atoms with van der Waals surface area (Å²) in [5.41, 5.74) is 4.64. The zero-order valence-corrected chi connectivity index (χ0v) is 11.2. The molecule has 2 aromatic rings. The summed E-state index contributed by atoms with van der Waals surface area (Å²) in [6.45, 7) is 0.558. The van der Waals surface area contributed by atoms with Gasteiger partial charge >= 0.3 is 0 Å². The van der Waals surface area contributed by atoms with E-state index in [-0.39, 0.29) is 5.69 Å². The van der Waals surface area contributed by atoms with Crippen LogP contribution in [0.4, 0.5) is 5.69 Å². The van der Waals surface area contributed by atoms with E-state index in [9.17, 15) is 10.1 Å². The Kier molecular flexibility index (Phi) is 4.68. The van der Waals surface area contributed by atoms with Crippen LogP contribution in [0.25, 0.3) is 0 Å². The van der Waals surface area contributed by atoms with Gasteiger partial charge in [0, 0.05) is 22.7 Å². The molecule has 0 saturated heterocycles. The molecule has 6 heteroatoms. The Morgan fingerprint density at radius 2 is 2.00 bits per heavy atom. The number of benzene rings is 2. The molecule has 0 bridgehead atoms. The molecular weight excluding hydrogens is 278 g/mol. The van der Waals surface area contributed by atoms with E-state index in [4.69, 9.17) is 11.6 Å². The van der Waals surface area contributed by atoms with Crippen molar-refractivity contribution in [1.82, 2.24) is 5.43 Å². The first-order valence-electron chi connectivity index (χ1n) is 5.90. The first-order valence-corrected chi connectivity index (χ1v) is 6.28. The van der Waals surface area contributed by atoms with Crippen LogP contribution in [-0.4, -0.2) is 11.1 Å². The van der Waals surface area contributed by atoms with Crippen LogP contribution in [0, 0.1) is 10.1 Å². The maximum absolute atomic E-state index is 10.6. The lowest BCUT2D eigenvalue weighted by Gasteiger charge is -2.00. The fourth-order valence-electron chi connectivity index (χ4n) is 1.58. The Morgan fingerprint density at radius 3 is 2.70 bits per heavy atom. The number of non-ortho nitro benzene ring substituents is 1. The van der Waals surface area contributed by atoms with E-state index >= 15 is 0 Å². The van der Waals surface area contributed by atoms with Crippen LogP contribution in [0.15, 0.2) is 53.6 Å². The van der Waals surface area contributed by atoms with Crippen molar-refractivity contribution >= 4 is 23.5 Å². The Morgan fingerprint density at radius 1 is 1.25 bits per heavy atom. The molecule has 0 atom stereocenters. The van der Waals surface area contributed by atoms with Gasteiger partial charge in [-0.1, -0.05) is 35.9 Å². The highest BCUT2D eigenvalue weighted by atomic mass is 35.5. The zero-order chi connectivity index (χ0) is 14.4. The van der Waals surface area contributed by atoms with Crippen molar-refractivity contribution in [3.05, 3.63) is 74.8 Å². The molecule has 0 aromatic heterocycles. The minimum atomic E-state index is -0.432. The summed E-state index contributed by atoms with van der Waals surface area (Å²) >= 11 is 5.79. The Hall–Kier alpha value is -2.40. The molecular formula is C14H12ClN3O2. The molecule has 2 aromatic carbocycles. The Bertz CT molecular complexity index is 627. The normalized spacial score (nSPS) is 10.7. The lowest BCUT2D eigenvalue weighted by atomic mass is 10.2. The summed E-state index contributed by atoms with van der Waals surface area (Å²) < 4.78 is 0. The van der Waals surface area contributed by atoms with Crippen LogP contribution in [-0.2, 0) is 6.54 Å². The van der Waals surface area contributed by atoms with E-state index in [1.165, 1.54) is 12.1 Å². The molecule has 102 valence electrons. The predicted molar refractivity (Wildman–Crippen MR) is 79.0 cm³/mol. The zero-order valence-electron chi connectivity index (χ0n) is 10.5. The smallest absolute Gasteiger partial charge is 0.270 e. The molecule has 0 aliphatic heterocycles. The minimum absolute atomic E-state index is 0.0478. The monoisotopic (exact) mass is 289 g/mol. The van der Waals surface area contributed by atoms with Crippen molar-refractivity contribution in [2.24, 2.45) is 5.10 Å². The minimum Gasteiger partial charge on any atom is -0.306 e. The van der Waals surface area contributed by atoms with E-state index in [1.54, 1.807) is 18.3 Å². The van der Waals surface area contributed by atoms with Crippen molar-refractivity contribution in [2.45, 2.75) is 6.54 Å². The summed E-state index contributed by atoms with van der Waals surface area (Å²) in [5, 5.41) is 15.3. The van der Waals surface area contributed by atoms with E-state index < -0.39 is 4.92 Å². The number of nitro groups is 1. The molecule has 0 fully saturated rings. The molecule has 0 spiro atoms. The highest BCUT2D eigenvalue weighted by Gasteiger charge is 2.03. The van der Waals surface area contributed by atoms with E-state index in [1.807, 2.05) is 24.3 Å². The van der Waals surface area contributed by atoms with Crippen molar-refractivity contribution in [3.63, 3.8) is 0 Å². The maximum atomic E-state index is 10.6. The number of nitrogens with one attached hydrogen (secondary N) is 1. The van der Waals surface area contributed by atoms with Gasteiger partial charge in [0.15, 0.2) is 0 Å². The van der Waals surface area contributed by atoms with Crippen molar-refractivity contribution in [1.29, 1.82) is 0 Å². The molecule has 0 aliphatic rings. The fraction of sp³-hybridized carbons (Fsp3) is 0.0714. The van der Waals surface area contributed by atoms with Crippen molar-refractivity contribution in [2.75, 3.05) is 0 Å². The van der Waals surface area contributed by atoms with Gasteiger partial charge in [0.05, 0.1) is 17.7 Å². The summed E-state index contributed by atoms with van der Waals surface area (Å²) in [6, 6.07) is 13.7. The largest absolute Gasteiger partial charge is 0.306 e. The van der Waals surface area contributed by atoms with Crippen molar-refractivity contribution < 1.29 is 4.92 Å².